The molecule has 0 radical (unpaired) electrons. The molecule has 2 aliphatic heterocycles. The molecular formula is C20H28N2O4. The fraction of sp³-hybridized carbons (Fsp3) is 0.650. The Morgan fingerprint density at radius 2 is 1.85 bits per heavy atom. The van der Waals surface area contributed by atoms with Gasteiger partial charge in [-0.2, -0.15) is 0 Å². The summed E-state index contributed by atoms with van der Waals surface area (Å²) < 4.78 is 17.0. The Hall–Kier alpha value is -1.79. The third kappa shape index (κ3) is 3.67. The topological polar surface area (TPSA) is 60.0 Å². The standard InChI is InChI=1S/C20H28N2O4/c23-19(18-14-25-16-6-2-3-7-17(16)26-18)21-15-20(8-4-1-5-9-20)22-10-12-24-13-11-22/h2-3,6-7,18H,1,4-5,8-15H2,(H,21,23)/t18-/m1/s1. The van der Waals surface area contributed by atoms with Crippen LogP contribution in [0, 0.1) is 0 Å². The number of hydrogen-bond acceptors (Lipinski definition) is 5. The number of ether oxygens (including phenoxy) is 3. The molecule has 142 valence electrons. The van der Waals surface area contributed by atoms with Crippen molar-refractivity contribution in [2.24, 2.45) is 0 Å². The normalized spacial score (nSPS) is 25.5. The van der Waals surface area contributed by atoms with Crippen LogP contribution in [0.4, 0.5) is 0 Å². The third-order valence-electron chi connectivity index (χ3n) is 5.86. The second kappa shape index (κ2) is 7.84. The molecule has 1 amide bonds. The monoisotopic (exact) mass is 360 g/mol. The number of para-hydroxylation sites is 2. The molecule has 6 heteroatoms. The highest BCUT2D eigenvalue weighted by Gasteiger charge is 2.39. The van der Waals surface area contributed by atoms with Crippen molar-refractivity contribution in [3.63, 3.8) is 0 Å². The molecular weight excluding hydrogens is 332 g/mol. The van der Waals surface area contributed by atoms with Crippen LogP contribution >= 0.6 is 0 Å². The zero-order valence-corrected chi connectivity index (χ0v) is 15.2. The highest BCUT2D eigenvalue weighted by atomic mass is 16.6. The molecule has 1 saturated carbocycles. The van der Waals surface area contributed by atoms with Crippen molar-refractivity contribution in [3.8, 4) is 11.5 Å². The Balaban J connectivity index is 1.39. The molecule has 26 heavy (non-hydrogen) atoms. The lowest BCUT2D eigenvalue weighted by atomic mass is 9.79. The first-order valence-corrected chi connectivity index (χ1v) is 9.76. The molecule has 3 aliphatic rings. The van der Waals surface area contributed by atoms with Gasteiger partial charge in [0, 0.05) is 25.2 Å². The smallest absolute Gasteiger partial charge is 0.264 e. The molecule has 1 aromatic rings. The minimum absolute atomic E-state index is 0.0606. The van der Waals surface area contributed by atoms with Crippen LogP contribution < -0.4 is 14.8 Å². The number of carbonyl (C=O) groups is 1. The fourth-order valence-electron chi connectivity index (χ4n) is 4.37. The number of nitrogens with one attached hydrogen (secondary N) is 1. The van der Waals surface area contributed by atoms with E-state index in [1.807, 2.05) is 24.3 Å². The molecule has 0 spiro atoms. The van der Waals surface area contributed by atoms with Gasteiger partial charge >= 0.3 is 0 Å². The van der Waals surface area contributed by atoms with Gasteiger partial charge in [-0.05, 0) is 25.0 Å². The van der Waals surface area contributed by atoms with E-state index < -0.39 is 6.10 Å². The number of benzene rings is 1. The van der Waals surface area contributed by atoms with E-state index in [0.717, 1.165) is 39.1 Å². The van der Waals surface area contributed by atoms with Gasteiger partial charge < -0.3 is 19.5 Å². The molecule has 0 unspecified atom stereocenters. The SMILES string of the molecule is O=C(NCC1(N2CCOCC2)CCCCC1)[C@H]1COc2ccccc2O1. The molecule has 2 fully saturated rings. The van der Waals surface area contributed by atoms with E-state index in [1.165, 1.54) is 19.3 Å². The van der Waals surface area contributed by atoms with E-state index in [4.69, 9.17) is 14.2 Å². The summed E-state index contributed by atoms with van der Waals surface area (Å²) in [5.74, 6) is 1.26. The quantitative estimate of drug-likeness (QED) is 0.890. The van der Waals surface area contributed by atoms with Gasteiger partial charge in [-0.15, -0.1) is 0 Å². The maximum atomic E-state index is 12.7. The fourth-order valence-corrected chi connectivity index (χ4v) is 4.37. The Bertz CT molecular complexity index is 624. The van der Waals surface area contributed by atoms with Crippen LogP contribution in [0.15, 0.2) is 24.3 Å². The van der Waals surface area contributed by atoms with Gasteiger partial charge in [-0.25, -0.2) is 0 Å². The van der Waals surface area contributed by atoms with Crippen LogP contribution in [-0.2, 0) is 9.53 Å². The number of amides is 1. The summed E-state index contributed by atoms with van der Waals surface area (Å²) in [4.78, 5) is 15.2. The van der Waals surface area contributed by atoms with Crippen LogP contribution in [0.25, 0.3) is 0 Å². The summed E-state index contributed by atoms with van der Waals surface area (Å²) in [7, 11) is 0. The van der Waals surface area contributed by atoms with Gasteiger partial charge in [0.1, 0.15) is 6.61 Å². The average Bonchev–Trinajstić information content (AvgIpc) is 2.73. The van der Waals surface area contributed by atoms with Gasteiger partial charge in [-0.3, -0.25) is 9.69 Å². The molecule has 0 bridgehead atoms. The van der Waals surface area contributed by atoms with Crippen molar-refractivity contribution < 1.29 is 19.0 Å². The number of hydrogen-bond donors (Lipinski definition) is 1. The zero-order valence-electron chi connectivity index (χ0n) is 15.2. The largest absolute Gasteiger partial charge is 0.485 e. The lowest BCUT2D eigenvalue weighted by molar-refractivity contribution is -0.131. The van der Waals surface area contributed by atoms with Gasteiger partial charge in [0.05, 0.1) is 13.2 Å². The van der Waals surface area contributed by atoms with Crippen LogP contribution in [0.5, 0.6) is 11.5 Å². The molecule has 1 saturated heterocycles. The second-order valence-electron chi connectivity index (χ2n) is 7.47. The summed E-state index contributed by atoms with van der Waals surface area (Å²) in [6.07, 6.45) is 5.43. The number of carbonyl (C=O) groups excluding carboxylic acids is 1. The van der Waals surface area contributed by atoms with Crippen molar-refractivity contribution in [1.82, 2.24) is 10.2 Å². The zero-order chi connectivity index (χ0) is 17.8. The van der Waals surface area contributed by atoms with Gasteiger partial charge in [0.25, 0.3) is 5.91 Å². The first-order chi connectivity index (χ1) is 12.8. The second-order valence-corrected chi connectivity index (χ2v) is 7.47. The Morgan fingerprint density at radius 3 is 2.62 bits per heavy atom. The first kappa shape index (κ1) is 17.6. The summed E-state index contributed by atoms with van der Waals surface area (Å²) in [5, 5.41) is 3.16. The lowest BCUT2D eigenvalue weighted by Gasteiger charge is -2.48. The van der Waals surface area contributed by atoms with Crippen molar-refractivity contribution >= 4 is 5.91 Å². The molecule has 6 nitrogen and oxygen atoms in total. The number of rotatable bonds is 4. The van der Waals surface area contributed by atoms with Crippen molar-refractivity contribution in [1.29, 1.82) is 0 Å². The highest BCUT2D eigenvalue weighted by molar-refractivity contribution is 5.81. The summed E-state index contributed by atoms with van der Waals surface area (Å²) >= 11 is 0. The minimum Gasteiger partial charge on any atom is -0.485 e. The van der Waals surface area contributed by atoms with E-state index in [9.17, 15) is 4.79 Å². The molecule has 1 atom stereocenters. The Labute approximate surface area is 154 Å². The van der Waals surface area contributed by atoms with Crippen LogP contribution in [0.2, 0.25) is 0 Å². The minimum atomic E-state index is -0.588. The van der Waals surface area contributed by atoms with Crippen LogP contribution in [0.1, 0.15) is 32.1 Å². The van der Waals surface area contributed by atoms with Crippen molar-refractivity contribution in [2.45, 2.75) is 43.7 Å². The van der Waals surface area contributed by atoms with Gasteiger partial charge in [-0.1, -0.05) is 31.4 Å². The summed E-state index contributed by atoms with van der Waals surface area (Å²) in [6.45, 7) is 4.40. The molecule has 4 rings (SSSR count). The molecule has 0 aromatic heterocycles. The average molecular weight is 360 g/mol. The summed E-state index contributed by atoms with van der Waals surface area (Å²) in [6, 6.07) is 7.49. The Morgan fingerprint density at radius 1 is 1.12 bits per heavy atom. The van der Waals surface area contributed by atoms with Crippen LogP contribution in [-0.4, -0.2) is 61.9 Å². The van der Waals surface area contributed by atoms with E-state index in [1.54, 1.807) is 0 Å². The Kier molecular flexibility index (Phi) is 5.31. The third-order valence-corrected chi connectivity index (χ3v) is 5.86. The van der Waals surface area contributed by atoms with Gasteiger partial charge in [0.15, 0.2) is 11.5 Å². The van der Waals surface area contributed by atoms with E-state index in [0.29, 0.717) is 18.0 Å². The van der Waals surface area contributed by atoms with E-state index in [2.05, 4.69) is 10.2 Å². The lowest BCUT2D eigenvalue weighted by Crippen LogP contribution is -2.60. The van der Waals surface area contributed by atoms with Crippen molar-refractivity contribution in [3.05, 3.63) is 24.3 Å². The highest BCUT2D eigenvalue weighted by Crippen LogP contribution is 2.34. The molecule has 1 aliphatic carbocycles. The van der Waals surface area contributed by atoms with Crippen LogP contribution in [0.3, 0.4) is 0 Å². The number of nitrogens with zero attached hydrogens (tertiary/aromatic N) is 1. The molecule has 1 N–H and O–H groups in total. The maximum absolute atomic E-state index is 12.7. The predicted octanol–water partition coefficient (Wildman–Crippen LogP) is 1.98. The first-order valence-electron chi connectivity index (χ1n) is 9.76. The van der Waals surface area contributed by atoms with Crippen molar-refractivity contribution in [2.75, 3.05) is 39.5 Å². The number of fused-ring (bicyclic) bond motifs is 1. The van der Waals surface area contributed by atoms with Gasteiger partial charge in [0.2, 0.25) is 6.10 Å². The number of morpholine rings is 1. The summed E-state index contributed by atoms with van der Waals surface area (Å²) in [5.41, 5.74) is 0.0606. The van der Waals surface area contributed by atoms with E-state index in [-0.39, 0.29) is 18.1 Å². The maximum Gasteiger partial charge on any atom is 0.264 e. The molecule has 2 heterocycles. The van der Waals surface area contributed by atoms with E-state index >= 15 is 0 Å². The molecule has 1 aromatic carbocycles. The predicted molar refractivity (Wildman–Crippen MR) is 97.6 cm³/mol.